The Morgan fingerprint density at radius 3 is 2.54 bits per heavy atom. The first-order valence-corrected chi connectivity index (χ1v) is 12.8. The number of aliphatic imine (C=N–C) groups is 1. The molecule has 0 bridgehead atoms. The van der Waals surface area contributed by atoms with Gasteiger partial charge in [-0.2, -0.15) is 10.1 Å². The number of amides is 2. The molecule has 2 atom stereocenters. The summed E-state index contributed by atoms with van der Waals surface area (Å²) in [7, 11) is 0. The summed E-state index contributed by atoms with van der Waals surface area (Å²) in [6.07, 6.45) is 0.380. The molecule has 2 heterocycles. The van der Waals surface area contributed by atoms with Gasteiger partial charge < -0.3 is 5.32 Å². The Morgan fingerprint density at radius 1 is 1.11 bits per heavy atom. The Morgan fingerprint density at radius 2 is 1.84 bits per heavy atom. The van der Waals surface area contributed by atoms with E-state index in [0.29, 0.717) is 27.9 Å². The molecule has 0 radical (unpaired) electrons. The molecule has 188 valence electrons. The van der Waals surface area contributed by atoms with Crippen molar-refractivity contribution in [3.05, 3.63) is 100 Å². The number of hydrazone groups is 1. The van der Waals surface area contributed by atoms with Crippen molar-refractivity contribution in [2.75, 3.05) is 5.32 Å². The van der Waals surface area contributed by atoms with Crippen molar-refractivity contribution in [3.8, 4) is 0 Å². The molecule has 2 aliphatic rings. The molecular weight excluding hydrogens is 518 g/mol. The number of carbonyl (C=O) groups excluding carboxylic acids is 2. The van der Waals surface area contributed by atoms with Crippen molar-refractivity contribution in [2.24, 2.45) is 10.1 Å². The highest BCUT2D eigenvalue weighted by molar-refractivity contribution is 8.15. The summed E-state index contributed by atoms with van der Waals surface area (Å²) in [5.74, 6) is -1.63. The highest BCUT2D eigenvalue weighted by atomic mass is 35.5. The third-order valence-electron chi connectivity index (χ3n) is 6.09. The van der Waals surface area contributed by atoms with E-state index in [2.05, 4.69) is 10.3 Å². The van der Waals surface area contributed by atoms with Gasteiger partial charge >= 0.3 is 0 Å². The number of nitrogens with zero attached hydrogens (tertiary/aromatic N) is 3. The smallest absolute Gasteiger partial charge is 0.262 e. The molecule has 0 saturated heterocycles. The maximum Gasteiger partial charge on any atom is 0.262 e. The molecule has 1 N–H and O–H groups in total. The second-order valence-electron chi connectivity index (χ2n) is 8.73. The van der Waals surface area contributed by atoms with Crippen molar-refractivity contribution in [1.82, 2.24) is 5.01 Å². The fourth-order valence-corrected chi connectivity index (χ4v) is 5.29. The molecule has 2 amide bonds. The van der Waals surface area contributed by atoms with Crippen LogP contribution in [0.2, 0.25) is 5.02 Å². The molecule has 10 heteroatoms. The molecule has 0 aliphatic carbocycles. The molecule has 3 aromatic carbocycles. The van der Waals surface area contributed by atoms with Gasteiger partial charge in [-0.25, -0.2) is 13.8 Å². The van der Waals surface area contributed by atoms with Gasteiger partial charge in [0, 0.05) is 23.6 Å². The lowest BCUT2D eigenvalue weighted by molar-refractivity contribution is -0.121. The van der Waals surface area contributed by atoms with Gasteiger partial charge in [0.15, 0.2) is 5.17 Å². The molecular formula is C27H21ClF2N4O2S. The van der Waals surface area contributed by atoms with Crippen molar-refractivity contribution >= 4 is 51.7 Å². The van der Waals surface area contributed by atoms with E-state index >= 15 is 0 Å². The normalized spacial score (nSPS) is 19.1. The molecule has 0 unspecified atom stereocenters. The topological polar surface area (TPSA) is 74.1 Å². The number of hydrogen-bond donors (Lipinski definition) is 1. The van der Waals surface area contributed by atoms with Crippen LogP contribution >= 0.6 is 23.4 Å². The van der Waals surface area contributed by atoms with Crippen LogP contribution in [0.1, 0.15) is 35.6 Å². The lowest BCUT2D eigenvalue weighted by Crippen LogP contribution is -2.25. The predicted molar refractivity (Wildman–Crippen MR) is 142 cm³/mol. The summed E-state index contributed by atoms with van der Waals surface area (Å²) in [4.78, 5) is 29.5. The van der Waals surface area contributed by atoms with Gasteiger partial charge in [-0.1, -0.05) is 53.7 Å². The second kappa shape index (κ2) is 10.4. The van der Waals surface area contributed by atoms with Gasteiger partial charge in [0.2, 0.25) is 5.91 Å². The van der Waals surface area contributed by atoms with Crippen LogP contribution in [-0.4, -0.2) is 33.0 Å². The molecule has 0 fully saturated rings. The molecule has 2 aliphatic heterocycles. The largest absolute Gasteiger partial charge is 0.326 e. The number of thioether (sulfide) groups is 1. The number of benzene rings is 3. The molecule has 37 heavy (non-hydrogen) atoms. The number of hydrogen-bond acceptors (Lipinski definition) is 5. The van der Waals surface area contributed by atoms with E-state index in [4.69, 9.17) is 16.7 Å². The number of rotatable bonds is 5. The summed E-state index contributed by atoms with van der Waals surface area (Å²) in [6.45, 7) is 1.63. The van der Waals surface area contributed by atoms with Gasteiger partial charge in [0.05, 0.1) is 11.8 Å². The Bertz CT molecular complexity index is 1430. The first kappa shape index (κ1) is 25.1. The molecule has 6 nitrogen and oxygen atoms in total. The minimum Gasteiger partial charge on any atom is -0.326 e. The van der Waals surface area contributed by atoms with E-state index in [9.17, 15) is 18.4 Å². The van der Waals surface area contributed by atoms with Gasteiger partial charge in [-0.15, -0.1) is 0 Å². The molecule has 0 aromatic heterocycles. The number of anilines is 1. The van der Waals surface area contributed by atoms with Crippen LogP contribution < -0.4 is 5.32 Å². The predicted octanol–water partition coefficient (Wildman–Crippen LogP) is 6.10. The summed E-state index contributed by atoms with van der Waals surface area (Å²) in [6, 6.07) is 17.5. The number of carbonyl (C=O) groups is 2. The summed E-state index contributed by atoms with van der Waals surface area (Å²) in [5, 5.41) is 9.28. The molecule has 5 rings (SSSR count). The minimum absolute atomic E-state index is 0.125. The van der Waals surface area contributed by atoms with Crippen LogP contribution in [0.4, 0.5) is 14.5 Å². The van der Waals surface area contributed by atoms with Crippen LogP contribution in [0, 0.1) is 18.6 Å². The van der Waals surface area contributed by atoms with Crippen LogP contribution in [-0.2, 0) is 9.59 Å². The Labute approximate surface area is 221 Å². The first-order valence-electron chi connectivity index (χ1n) is 11.5. The van der Waals surface area contributed by atoms with Crippen LogP contribution in [0.25, 0.3) is 0 Å². The van der Waals surface area contributed by atoms with Gasteiger partial charge in [0.1, 0.15) is 16.9 Å². The van der Waals surface area contributed by atoms with E-state index in [-0.39, 0.29) is 18.3 Å². The Balaban J connectivity index is 1.34. The van der Waals surface area contributed by atoms with Crippen LogP contribution in [0.5, 0.6) is 0 Å². The Hall–Kier alpha value is -3.56. The van der Waals surface area contributed by atoms with Crippen LogP contribution in [0.3, 0.4) is 0 Å². The third-order valence-corrected chi connectivity index (χ3v) is 7.49. The minimum atomic E-state index is -0.735. The van der Waals surface area contributed by atoms with E-state index in [1.54, 1.807) is 48.3 Å². The fourth-order valence-electron chi connectivity index (χ4n) is 4.10. The summed E-state index contributed by atoms with van der Waals surface area (Å²) < 4.78 is 27.3. The maximum atomic E-state index is 13.8. The molecule has 3 aromatic rings. The Kier molecular flexibility index (Phi) is 7.08. The lowest BCUT2D eigenvalue weighted by atomic mass is 9.99. The van der Waals surface area contributed by atoms with E-state index in [0.717, 1.165) is 28.6 Å². The SMILES string of the molecule is Cc1ccc(NC(=O)C[C@H]2SC(N3N=C(c4ccc(F)cc4)C[C@H]3c3ccc(Cl)cc3)=NC2=O)cc1F. The number of halogens is 3. The molecule has 0 spiro atoms. The molecule has 0 saturated carbocycles. The highest BCUT2D eigenvalue weighted by Crippen LogP contribution is 2.39. The number of amidine groups is 1. The quantitative estimate of drug-likeness (QED) is 0.426. The zero-order valence-electron chi connectivity index (χ0n) is 19.6. The second-order valence-corrected chi connectivity index (χ2v) is 10.3. The van der Waals surface area contributed by atoms with Crippen molar-refractivity contribution in [1.29, 1.82) is 0 Å². The highest BCUT2D eigenvalue weighted by Gasteiger charge is 2.39. The van der Waals surface area contributed by atoms with E-state index < -0.39 is 22.9 Å². The number of aryl methyl sites for hydroxylation is 1. The number of nitrogens with one attached hydrogen (secondary N) is 1. The van der Waals surface area contributed by atoms with Crippen LogP contribution in [0.15, 0.2) is 76.8 Å². The van der Waals surface area contributed by atoms with Crippen molar-refractivity contribution in [3.63, 3.8) is 0 Å². The van der Waals surface area contributed by atoms with Crippen molar-refractivity contribution < 1.29 is 18.4 Å². The average Bonchev–Trinajstić information content (AvgIpc) is 3.46. The zero-order valence-corrected chi connectivity index (χ0v) is 21.2. The first-order chi connectivity index (χ1) is 17.8. The summed E-state index contributed by atoms with van der Waals surface area (Å²) in [5.41, 5.74) is 3.19. The fraction of sp³-hybridized carbons (Fsp3) is 0.185. The average molecular weight is 539 g/mol. The van der Waals surface area contributed by atoms with E-state index in [1.807, 2.05) is 12.1 Å². The van der Waals surface area contributed by atoms with E-state index in [1.165, 1.54) is 18.2 Å². The third kappa shape index (κ3) is 5.57. The zero-order chi connectivity index (χ0) is 26.1. The maximum absolute atomic E-state index is 13.8. The monoisotopic (exact) mass is 538 g/mol. The van der Waals surface area contributed by atoms with Gasteiger partial charge in [-0.3, -0.25) is 9.59 Å². The summed E-state index contributed by atoms with van der Waals surface area (Å²) >= 11 is 7.23. The lowest BCUT2D eigenvalue weighted by Gasteiger charge is -2.23. The van der Waals surface area contributed by atoms with Gasteiger partial charge in [-0.05, 0) is 60.0 Å². The van der Waals surface area contributed by atoms with Crippen molar-refractivity contribution in [2.45, 2.75) is 31.1 Å². The standard InChI is InChI=1S/C27H21ClF2N4O2S/c1-15-2-11-20(12-21(15)30)31-25(35)14-24-26(36)32-27(37-24)34-23(17-3-7-18(28)8-4-17)13-22(33-34)16-5-9-19(29)10-6-16/h2-12,23-24H,13-14H2,1H3,(H,31,35)/t23-,24+/m0/s1. The van der Waals surface area contributed by atoms with Gasteiger partial charge in [0.25, 0.3) is 5.91 Å².